The van der Waals surface area contributed by atoms with Crippen LogP contribution in [0.4, 0.5) is 0 Å². The van der Waals surface area contributed by atoms with Crippen LogP contribution in [0.2, 0.25) is 0 Å². The van der Waals surface area contributed by atoms with Gasteiger partial charge in [0.1, 0.15) is 12.4 Å². The SMILES string of the molecule is CCN1CCCC(C)(C)C1COc1ccc2c(c1)CN(N1C(=O)CCCC1=O)C2=O. The summed E-state index contributed by atoms with van der Waals surface area (Å²) in [6, 6.07) is 5.77. The van der Waals surface area contributed by atoms with Gasteiger partial charge in [-0.25, -0.2) is 5.01 Å². The second kappa shape index (κ2) is 8.02. The molecule has 7 heteroatoms. The molecule has 0 saturated carbocycles. The molecule has 30 heavy (non-hydrogen) atoms. The Bertz CT molecular complexity index is 850. The number of benzene rings is 1. The van der Waals surface area contributed by atoms with Crippen molar-refractivity contribution in [2.75, 3.05) is 19.7 Å². The van der Waals surface area contributed by atoms with Gasteiger partial charge in [-0.2, -0.15) is 5.01 Å². The molecule has 2 fully saturated rings. The molecule has 0 aromatic heterocycles. The monoisotopic (exact) mass is 413 g/mol. The molecule has 3 aliphatic heterocycles. The summed E-state index contributed by atoms with van der Waals surface area (Å²) in [6.07, 6.45) is 3.54. The Morgan fingerprint density at radius 3 is 2.53 bits per heavy atom. The number of fused-ring (bicyclic) bond motifs is 1. The van der Waals surface area contributed by atoms with Crippen molar-refractivity contribution in [1.82, 2.24) is 14.9 Å². The number of likely N-dealkylation sites (N-methyl/N-ethyl adjacent to an activating group) is 1. The quantitative estimate of drug-likeness (QED) is 0.694. The molecule has 162 valence electrons. The van der Waals surface area contributed by atoms with Gasteiger partial charge in [0.25, 0.3) is 5.91 Å². The minimum absolute atomic E-state index is 0.187. The summed E-state index contributed by atoms with van der Waals surface area (Å²) in [5.74, 6) is -0.186. The Morgan fingerprint density at radius 2 is 1.83 bits per heavy atom. The van der Waals surface area contributed by atoms with Crippen molar-refractivity contribution < 1.29 is 19.1 Å². The topological polar surface area (TPSA) is 70.2 Å². The van der Waals surface area contributed by atoms with E-state index in [-0.39, 0.29) is 29.7 Å². The molecule has 2 saturated heterocycles. The van der Waals surface area contributed by atoms with Crippen LogP contribution in [0, 0.1) is 5.41 Å². The van der Waals surface area contributed by atoms with E-state index in [9.17, 15) is 14.4 Å². The highest BCUT2D eigenvalue weighted by Crippen LogP contribution is 2.36. The second-order valence-corrected chi connectivity index (χ2v) is 9.18. The number of nitrogens with zero attached hydrogens (tertiary/aromatic N) is 3. The number of likely N-dealkylation sites (tertiary alicyclic amines) is 1. The highest BCUT2D eigenvalue weighted by Gasteiger charge is 2.40. The molecule has 4 rings (SSSR count). The third-order valence-electron chi connectivity index (χ3n) is 6.78. The van der Waals surface area contributed by atoms with E-state index in [4.69, 9.17) is 4.74 Å². The molecule has 0 aliphatic carbocycles. The first-order valence-corrected chi connectivity index (χ1v) is 11.0. The van der Waals surface area contributed by atoms with E-state index in [1.807, 2.05) is 12.1 Å². The van der Waals surface area contributed by atoms with E-state index in [0.29, 0.717) is 37.5 Å². The molecule has 1 aromatic carbocycles. The number of amides is 3. The largest absolute Gasteiger partial charge is 0.492 e. The zero-order valence-corrected chi connectivity index (χ0v) is 18.1. The van der Waals surface area contributed by atoms with Gasteiger partial charge in [-0.05, 0) is 61.5 Å². The van der Waals surface area contributed by atoms with Crippen molar-refractivity contribution in [3.8, 4) is 5.75 Å². The average molecular weight is 414 g/mol. The van der Waals surface area contributed by atoms with E-state index in [0.717, 1.165) is 29.4 Å². The number of carbonyl (C=O) groups excluding carboxylic acids is 3. The molecule has 0 bridgehead atoms. The molecule has 1 aromatic rings. The number of hydrogen-bond donors (Lipinski definition) is 0. The van der Waals surface area contributed by atoms with Crippen molar-refractivity contribution in [2.24, 2.45) is 5.41 Å². The predicted octanol–water partition coefficient (Wildman–Crippen LogP) is 2.99. The van der Waals surface area contributed by atoms with E-state index in [1.54, 1.807) is 6.07 Å². The van der Waals surface area contributed by atoms with Crippen LogP contribution in [0.3, 0.4) is 0 Å². The van der Waals surface area contributed by atoms with Crippen molar-refractivity contribution in [2.45, 2.75) is 65.5 Å². The molecule has 7 nitrogen and oxygen atoms in total. The van der Waals surface area contributed by atoms with E-state index < -0.39 is 0 Å². The fourth-order valence-electron chi connectivity index (χ4n) is 4.98. The predicted molar refractivity (Wildman–Crippen MR) is 112 cm³/mol. The second-order valence-electron chi connectivity index (χ2n) is 9.18. The summed E-state index contributed by atoms with van der Waals surface area (Å²) in [5, 5.41) is 2.32. The fourth-order valence-corrected chi connectivity index (χ4v) is 4.98. The van der Waals surface area contributed by atoms with Gasteiger partial charge in [0, 0.05) is 24.4 Å². The zero-order valence-electron chi connectivity index (χ0n) is 18.1. The molecule has 0 radical (unpaired) electrons. The van der Waals surface area contributed by atoms with Gasteiger partial charge >= 0.3 is 0 Å². The van der Waals surface area contributed by atoms with Gasteiger partial charge in [0.05, 0.1) is 6.54 Å². The van der Waals surface area contributed by atoms with E-state index >= 15 is 0 Å². The van der Waals surface area contributed by atoms with Crippen LogP contribution in [-0.4, -0.2) is 58.4 Å². The maximum atomic E-state index is 12.8. The van der Waals surface area contributed by atoms with Crippen LogP contribution >= 0.6 is 0 Å². The van der Waals surface area contributed by atoms with Crippen molar-refractivity contribution in [3.63, 3.8) is 0 Å². The van der Waals surface area contributed by atoms with Gasteiger partial charge in [0.2, 0.25) is 11.8 Å². The maximum Gasteiger partial charge on any atom is 0.273 e. The molecule has 1 atom stereocenters. The third kappa shape index (κ3) is 3.71. The van der Waals surface area contributed by atoms with Crippen LogP contribution in [-0.2, 0) is 16.1 Å². The first kappa shape index (κ1) is 20.8. The Hall–Kier alpha value is -2.41. The van der Waals surface area contributed by atoms with Gasteiger partial charge in [-0.1, -0.05) is 20.8 Å². The lowest BCUT2D eigenvalue weighted by molar-refractivity contribution is -0.163. The van der Waals surface area contributed by atoms with E-state index in [2.05, 4.69) is 25.7 Å². The molecular weight excluding hydrogens is 382 g/mol. The molecule has 0 N–H and O–H groups in total. The van der Waals surface area contributed by atoms with Crippen molar-refractivity contribution in [1.29, 1.82) is 0 Å². The minimum atomic E-state index is -0.303. The minimum Gasteiger partial charge on any atom is -0.492 e. The van der Waals surface area contributed by atoms with Crippen LogP contribution in [0.15, 0.2) is 18.2 Å². The summed E-state index contributed by atoms with van der Waals surface area (Å²) >= 11 is 0. The molecule has 0 spiro atoms. The summed E-state index contributed by atoms with van der Waals surface area (Å²) < 4.78 is 6.18. The Balaban J connectivity index is 1.48. The number of piperidine rings is 2. The average Bonchev–Trinajstić information content (AvgIpc) is 3.02. The molecule has 3 heterocycles. The lowest BCUT2D eigenvalue weighted by Gasteiger charge is -2.46. The number of hydrazine groups is 1. The first-order chi connectivity index (χ1) is 14.3. The number of hydrogen-bond acceptors (Lipinski definition) is 5. The first-order valence-electron chi connectivity index (χ1n) is 11.0. The summed E-state index contributed by atoms with van der Waals surface area (Å²) in [6.45, 7) is 9.71. The Labute approximate surface area is 177 Å². The number of imide groups is 1. The number of rotatable bonds is 5. The Kier molecular flexibility index (Phi) is 5.57. The lowest BCUT2D eigenvalue weighted by atomic mass is 9.76. The van der Waals surface area contributed by atoms with Gasteiger partial charge in [-0.15, -0.1) is 0 Å². The standard InChI is InChI=1S/C23H31N3O4/c1-4-24-12-6-11-23(2,3)19(24)15-30-17-9-10-18-16(13-17)14-25(22(18)29)26-20(27)7-5-8-21(26)28/h9-10,13,19H,4-8,11-12,14-15H2,1-3H3. The van der Waals surface area contributed by atoms with Crippen LogP contribution in [0.1, 0.15) is 68.8 Å². The summed E-state index contributed by atoms with van der Waals surface area (Å²) in [5.41, 5.74) is 1.51. The highest BCUT2D eigenvalue weighted by molar-refractivity contribution is 6.04. The highest BCUT2D eigenvalue weighted by atomic mass is 16.5. The summed E-state index contributed by atoms with van der Waals surface area (Å²) in [7, 11) is 0. The van der Waals surface area contributed by atoms with Gasteiger partial charge in [-0.3, -0.25) is 19.3 Å². The third-order valence-corrected chi connectivity index (χ3v) is 6.78. The molecule has 3 aliphatic rings. The molecule has 1 unspecified atom stereocenters. The van der Waals surface area contributed by atoms with E-state index in [1.165, 1.54) is 17.9 Å². The smallest absolute Gasteiger partial charge is 0.273 e. The van der Waals surface area contributed by atoms with Crippen LogP contribution in [0.5, 0.6) is 5.75 Å². The van der Waals surface area contributed by atoms with Crippen molar-refractivity contribution >= 4 is 17.7 Å². The zero-order chi connectivity index (χ0) is 21.5. The molecule has 3 amide bonds. The van der Waals surface area contributed by atoms with Crippen molar-refractivity contribution in [3.05, 3.63) is 29.3 Å². The molecular formula is C23H31N3O4. The Morgan fingerprint density at radius 1 is 1.10 bits per heavy atom. The normalized spacial score (nSPS) is 24.4. The number of ether oxygens (including phenoxy) is 1. The van der Waals surface area contributed by atoms with Crippen LogP contribution in [0.25, 0.3) is 0 Å². The van der Waals surface area contributed by atoms with Crippen LogP contribution < -0.4 is 4.74 Å². The van der Waals surface area contributed by atoms with Gasteiger partial charge < -0.3 is 4.74 Å². The fraction of sp³-hybridized carbons (Fsp3) is 0.609. The lowest BCUT2D eigenvalue weighted by Crippen LogP contribution is -2.52. The maximum absolute atomic E-state index is 12.8. The number of carbonyl (C=O) groups is 3. The van der Waals surface area contributed by atoms with Gasteiger partial charge in [0.15, 0.2) is 0 Å². The summed E-state index contributed by atoms with van der Waals surface area (Å²) in [4.78, 5) is 39.8.